The first kappa shape index (κ1) is 14.3. The maximum absolute atomic E-state index is 5.97. The second kappa shape index (κ2) is 6.88. The van der Waals surface area contributed by atoms with Crippen molar-refractivity contribution >= 4 is 0 Å². The highest BCUT2D eigenvalue weighted by molar-refractivity contribution is 4.78. The molecule has 3 nitrogen and oxygen atoms in total. The van der Waals surface area contributed by atoms with Gasteiger partial charge in [-0.15, -0.1) is 0 Å². The van der Waals surface area contributed by atoms with Crippen molar-refractivity contribution in [1.82, 2.24) is 9.80 Å². The van der Waals surface area contributed by atoms with Crippen molar-refractivity contribution in [3.8, 4) is 0 Å². The predicted octanol–water partition coefficient (Wildman–Crippen LogP) is 1.78. The van der Waals surface area contributed by atoms with E-state index in [-0.39, 0.29) is 0 Å². The normalized spacial score (nSPS) is 35.0. The third-order valence-corrected chi connectivity index (χ3v) is 4.75. The van der Waals surface area contributed by atoms with Crippen LogP contribution in [-0.4, -0.2) is 56.1 Å². The molecule has 2 aliphatic rings. The van der Waals surface area contributed by atoms with Crippen LogP contribution in [0.15, 0.2) is 0 Å². The third kappa shape index (κ3) is 4.52. The minimum Gasteiger partial charge on any atom is -0.328 e. The van der Waals surface area contributed by atoms with E-state index in [0.29, 0.717) is 6.04 Å². The molecule has 3 heteroatoms. The van der Waals surface area contributed by atoms with Gasteiger partial charge in [0.1, 0.15) is 0 Å². The molecule has 1 aliphatic carbocycles. The lowest BCUT2D eigenvalue weighted by atomic mass is 9.86. The molecule has 2 N–H and O–H groups in total. The van der Waals surface area contributed by atoms with Crippen molar-refractivity contribution in [2.45, 2.75) is 44.6 Å². The molecule has 0 aromatic heterocycles. The number of hydrogen-bond donors (Lipinski definition) is 1. The lowest BCUT2D eigenvalue weighted by Crippen LogP contribution is -2.40. The monoisotopic (exact) mass is 253 g/mol. The summed E-state index contributed by atoms with van der Waals surface area (Å²) in [5.74, 6) is 1.79. The van der Waals surface area contributed by atoms with E-state index in [1.165, 1.54) is 64.7 Å². The predicted molar refractivity (Wildman–Crippen MR) is 77.7 cm³/mol. The molecule has 18 heavy (non-hydrogen) atoms. The molecule has 0 bridgehead atoms. The van der Waals surface area contributed by atoms with Crippen LogP contribution in [0, 0.1) is 11.8 Å². The zero-order valence-electron chi connectivity index (χ0n) is 12.3. The van der Waals surface area contributed by atoms with Crippen LogP contribution in [0.1, 0.15) is 38.5 Å². The molecule has 106 valence electrons. The molecule has 0 aromatic carbocycles. The van der Waals surface area contributed by atoms with Gasteiger partial charge in [0, 0.05) is 25.7 Å². The zero-order valence-corrected chi connectivity index (χ0v) is 12.3. The lowest BCUT2D eigenvalue weighted by Gasteiger charge is -2.34. The smallest absolute Gasteiger partial charge is 0.00390 e. The Labute approximate surface area is 113 Å². The van der Waals surface area contributed by atoms with Crippen molar-refractivity contribution in [1.29, 1.82) is 0 Å². The SMILES string of the molecule is CN1CCCC(CN(C)CC2CCC(N)CC2)C1. The van der Waals surface area contributed by atoms with E-state index in [0.717, 1.165) is 11.8 Å². The van der Waals surface area contributed by atoms with Crippen LogP contribution >= 0.6 is 0 Å². The van der Waals surface area contributed by atoms with E-state index >= 15 is 0 Å². The van der Waals surface area contributed by atoms with Gasteiger partial charge in [0.05, 0.1) is 0 Å². The van der Waals surface area contributed by atoms with Crippen molar-refractivity contribution in [2.75, 3.05) is 40.3 Å². The Hall–Kier alpha value is -0.120. The molecule has 0 amide bonds. The first-order valence-corrected chi connectivity index (χ1v) is 7.76. The van der Waals surface area contributed by atoms with Gasteiger partial charge in [-0.3, -0.25) is 0 Å². The highest BCUT2D eigenvalue weighted by atomic mass is 15.1. The summed E-state index contributed by atoms with van der Waals surface area (Å²) in [6.45, 7) is 5.15. The van der Waals surface area contributed by atoms with Gasteiger partial charge < -0.3 is 15.5 Å². The summed E-state index contributed by atoms with van der Waals surface area (Å²) in [7, 11) is 4.57. The van der Waals surface area contributed by atoms with E-state index in [2.05, 4.69) is 23.9 Å². The maximum atomic E-state index is 5.97. The van der Waals surface area contributed by atoms with E-state index in [9.17, 15) is 0 Å². The minimum absolute atomic E-state index is 0.485. The second-order valence-corrected chi connectivity index (χ2v) is 6.77. The molecule has 0 radical (unpaired) electrons. The Balaban J connectivity index is 1.66. The Morgan fingerprint density at radius 3 is 2.39 bits per heavy atom. The number of rotatable bonds is 4. The van der Waals surface area contributed by atoms with Gasteiger partial charge in [-0.2, -0.15) is 0 Å². The summed E-state index contributed by atoms with van der Waals surface area (Å²) < 4.78 is 0. The molecule has 1 atom stereocenters. The topological polar surface area (TPSA) is 32.5 Å². The highest BCUT2D eigenvalue weighted by Crippen LogP contribution is 2.24. The van der Waals surface area contributed by atoms with Gasteiger partial charge in [0.25, 0.3) is 0 Å². The van der Waals surface area contributed by atoms with Crippen molar-refractivity contribution in [2.24, 2.45) is 17.6 Å². The number of piperidine rings is 1. The fourth-order valence-electron chi connectivity index (χ4n) is 3.75. The van der Waals surface area contributed by atoms with Gasteiger partial charge in [0.2, 0.25) is 0 Å². The molecule has 1 saturated heterocycles. The van der Waals surface area contributed by atoms with Crippen LogP contribution < -0.4 is 5.73 Å². The van der Waals surface area contributed by atoms with Gasteiger partial charge in [0.15, 0.2) is 0 Å². The third-order valence-electron chi connectivity index (χ3n) is 4.75. The van der Waals surface area contributed by atoms with Crippen molar-refractivity contribution in [3.63, 3.8) is 0 Å². The number of hydrogen-bond acceptors (Lipinski definition) is 3. The number of nitrogens with two attached hydrogens (primary N) is 1. The average Bonchev–Trinajstić information content (AvgIpc) is 2.32. The van der Waals surface area contributed by atoms with Gasteiger partial charge in [-0.1, -0.05) is 0 Å². The fourth-order valence-corrected chi connectivity index (χ4v) is 3.75. The average molecular weight is 253 g/mol. The maximum Gasteiger partial charge on any atom is 0.00390 e. The molecule has 1 heterocycles. The van der Waals surface area contributed by atoms with Crippen LogP contribution in [0.3, 0.4) is 0 Å². The molecular weight excluding hydrogens is 222 g/mol. The fraction of sp³-hybridized carbons (Fsp3) is 1.00. The molecule has 1 saturated carbocycles. The molecular formula is C15H31N3. The second-order valence-electron chi connectivity index (χ2n) is 6.77. The van der Waals surface area contributed by atoms with Crippen molar-refractivity contribution < 1.29 is 0 Å². The summed E-state index contributed by atoms with van der Waals surface area (Å²) in [6.07, 6.45) is 7.97. The lowest BCUT2D eigenvalue weighted by molar-refractivity contribution is 0.147. The Morgan fingerprint density at radius 1 is 1.06 bits per heavy atom. The summed E-state index contributed by atoms with van der Waals surface area (Å²) in [5.41, 5.74) is 5.97. The van der Waals surface area contributed by atoms with E-state index in [1.54, 1.807) is 0 Å². The van der Waals surface area contributed by atoms with Crippen LogP contribution in [0.25, 0.3) is 0 Å². The van der Waals surface area contributed by atoms with Crippen LogP contribution in [0.5, 0.6) is 0 Å². The zero-order chi connectivity index (χ0) is 13.0. The summed E-state index contributed by atoms with van der Waals surface area (Å²) in [4.78, 5) is 5.06. The number of nitrogens with zero attached hydrogens (tertiary/aromatic N) is 2. The number of likely N-dealkylation sites (tertiary alicyclic amines) is 1. The van der Waals surface area contributed by atoms with Crippen LogP contribution in [-0.2, 0) is 0 Å². The van der Waals surface area contributed by atoms with Gasteiger partial charge in [-0.25, -0.2) is 0 Å². The first-order chi connectivity index (χ1) is 8.63. The molecule has 1 aliphatic heterocycles. The van der Waals surface area contributed by atoms with E-state index in [1.807, 2.05) is 0 Å². The van der Waals surface area contributed by atoms with E-state index in [4.69, 9.17) is 5.73 Å². The Morgan fingerprint density at radius 2 is 1.72 bits per heavy atom. The highest BCUT2D eigenvalue weighted by Gasteiger charge is 2.22. The van der Waals surface area contributed by atoms with Crippen LogP contribution in [0.4, 0.5) is 0 Å². The molecule has 0 spiro atoms. The summed E-state index contributed by atoms with van der Waals surface area (Å²) in [5, 5.41) is 0. The molecule has 1 unspecified atom stereocenters. The molecule has 0 aromatic rings. The van der Waals surface area contributed by atoms with Crippen LogP contribution in [0.2, 0.25) is 0 Å². The standard InChI is InChI=1S/C15H31N3/c1-17-9-3-4-14(11-17)12-18(2)10-13-5-7-15(16)8-6-13/h13-15H,3-12,16H2,1-2H3. The summed E-state index contributed by atoms with van der Waals surface area (Å²) >= 11 is 0. The minimum atomic E-state index is 0.485. The van der Waals surface area contributed by atoms with E-state index < -0.39 is 0 Å². The molecule has 2 rings (SSSR count). The molecule has 2 fully saturated rings. The first-order valence-electron chi connectivity index (χ1n) is 7.76. The Bertz CT molecular complexity index is 236. The largest absolute Gasteiger partial charge is 0.328 e. The quantitative estimate of drug-likeness (QED) is 0.829. The van der Waals surface area contributed by atoms with Gasteiger partial charge >= 0.3 is 0 Å². The summed E-state index contributed by atoms with van der Waals surface area (Å²) in [6, 6.07) is 0.485. The van der Waals surface area contributed by atoms with Gasteiger partial charge in [-0.05, 0) is 71.0 Å². The Kier molecular flexibility index (Phi) is 5.46. The van der Waals surface area contributed by atoms with Crippen molar-refractivity contribution in [3.05, 3.63) is 0 Å².